The Morgan fingerprint density at radius 1 is 1.03 bits per heavy atom. The van der Waals surface area contributed by atoms with E-state index in [2.05, 4.69) is 5.32 Å². The third kappa shape index (κ3) is 6.18. The van der Waals surface area contributed by atoms with E-state index in [4.69, 9.17) is 9.47 Å². The molecule has 0 aliphatic carbocycles. The van der Waals surface area contributed by atoms with E-state index >= 15 is 0 Å². The smallest absolute Gasteiger partial charge is 0.262 e. The molecule has 3 aromatic carbocycles. The molecule has 0 unspecified atom stereocenters. The van der Waals surface area contributed by atoms with Gasteiger partial charge in [0, 0.05) is 6.54 Å². The first kappa shape index (κ1) is 21.6. The summed E-state index contributed by atoms with van der Waals surface area (Å²) in [5, 5.41) is 12.1. The van der Waals surface area contributed by atoms with Crippen LogP contribution in [0.3, 0.4) is 0 Å². The molecule has 0 fully saturated rings. The summed E-state index contributed by atoms with van der Waals surface area (Å²) in [4.78, 5) is 12.4. The molecular formula is C25H21FN2O3. The highest BCUT2D eigenvalue weighted by molar-refractivity contribution is 6.01. The van der Waals surface area contributed by atoms with Crippen molar-refractivity contribution in [3.8, 4) is 17.6 Å². The Kier molecular flexibility index (Phi) is 7.39. The van der Waals surface area contributed by atoms with Gasteiger partial charge in [-0.2, -0.15) is 5.26 Å². The van der Waals surface area contributed by atoms with E-state index in [1.165, 1.54) is 25.3 Å². The fraction of sp³-hybridized carbons (Fsp3) is 0.120. The second-order valence-electron chi connectivity index (χ2n) is 6.66. The van der Waals surface area contributed by atoms with E-state index in [0.29, 0.717) is 23.6 Å². The van der Waals surface area contributed by atoms with Gasteiger partial charge in [0.15, 0.2) is 11.5 Å². The molecular weight excluding hydrogens is 395 g/mol. The first-order valence-corrected chi connectivity index (χ1v) is 9.58. The predicted octanol–water partition coefficient (Wildman–Crippen LogP) is 4.64. The topological polar surface area (TPSA) is 71.3 Å². The zero-order valence-electron chi connectivity index (χ0n) is 17.0. The van der Waals surface area contributed by atoms with E-state index < -0.39 is 5.91 Å². The molecule has 156 valence electrons. The van der Waals surface area contributed by atoms with E-state index in [1.807, 2.05) is 36.4 Å². The number of carbonyl (C=O) groups excluding carboxylic acids is 1. The van der Waals surface area contributed by atoms with E-state index in [-0.39, 0.29) is 18.0 Å². The maximum absolute atomic E-state index is 13.0. The molecule has 0 aliphatic rings. The number of hydrogen-bond acceptors (Lipinski definition) is 4. The molecule has 5 nitrogen and oxygen atoms in total. The first-order valence-electron chi connectivity index (χ1n) is 9.58. The summed E-state index contributed by atoms with van der Waals surface area (Å²) in [7, 11) is 1.51. The average Bonchev–Trinajstić information content (AvgIpc) is 2.81. The van der Waals surface area contributed by atoms with Gasteiger partial charge in [-0.3, -0.25) is 4.79 Å². The molecule has 31 heavy (non-hydrogen) atoms. The third-order valence-electron chi connectivity index (χ3n) is 4.47. The van der Waals surface area contributed by atoms with E-state index in [0.717, 1.165) is 11.1 Å². The van der Waals surface area contributed by atoms with Gasteiger partial charge in [0.2, 0.25) is 0 Å². The molecule has 1 amide bonds. The molecule has 0 bridgehead atoms. The summed E-state index contributed by atoms with van der Waals surface area (Å²) < 4.78 is 24.2. The van der Waals surface area contributed by atoms with Crippen LogP contribution in [0.2, 0.25) is 0 Å². The molecule has 3 rings (SSSR count). The summed E-state index contributed by atoms with van der Waals surface area (Å²) in [6.45, 7) is 0.579. The number of ether oxygens (including phenoxy) is 2. The molecule has 0 atom stereocenters. The highest BCUT2D eigenvalue weighted by atomic mass is 19.1. The summed E-state index contributed by atoms with van der Waals surface area (Å²) in [6.07, 6.45) is 1.49. The van der Waals surface area contributed by atoms with Gasteiger partial charge in [0.05, 0.1) is 7.11 Å². The number of amides is 1. The predicted molar refractivity (Wildman–Crippen MR) is 116 cm³/mol. The lowest BCUT2D eigenvalue weighted by molar-refractivity contribution is -0.117. The molecule has 0 saturated heterocycles. The zero-order chi connectivity index (χ0) is 22.1. The molecule has 3 aromatic rings. The van der Waals surface area contributed by atoms with Gasteiger partial charge in [0.1, 0.15) is 24.1 Å². The second-order valence-corrected chi connectivity index (χ2v) is 6.66. The SMILES string of the molecule is COc1cc(/C=C(\C#N)C(=O)NCc2ccccc2)ccc1OCc1ccc(F)cc1. The number of nitrogens with one attached hydrogen (secondary N) is 1. The van der Waals surface area contributed by atoms with Crippen molar-refractivity contribution >= 4 is 12.0 Å². The van der Waals surface area contributed by atoms with Crippen LogP contribution in [0.25, 0.3) is 6.08 Å². The van der Waals surface area contributed by atoms with Crippen LogP contribution in [-0.2, 0) is 17.9 Å². The van der Waals surface area contributed by atoms with Gasteiger partial charge in [-0.1, -0.05) is 48.5 Å². The molecule has 0 aromatic heterocycles. The van der Waals surface area contributed by atoms with Gasteiger partial charge >= 0.3 is 0 Å². The summed E-state index contributed by atoms with van der Waals surface area (Å²) in [6, 6.07) is 22.5. The third-order valence-corrected chi connectivity index (χ3v) is 4.47. The Hall–Kier alpha value is -4.11. The van der Waals surface area contributed by atoms with Crippen molar-refractivity contribution in [3.05, 3.63) is 101 Å². The fourth-order valence-electron chi connectivity index (χ4n) is 2.82. The fourth-order valence-corrected chi connectivity index (χ4v) is 2.82. The Morgan fingerprint density at radius 3 is 2.45 bits per heavy atom. The maximum Gasteiger partial charge on any atom is 0.262 e. The van der Waals surface area contributed by atoms with Crippen molar-refractivity contribution in [2.24, 2.45) is 0 Å². The monoisotopic (exact) mass is 416 g/mol. The van der Waals surface area contributed by atoms with Crippen molar-refractivity contribution in [1.82, 2.24) is 5.32 Å². The Balaban J connectivity index is 1.69. The van der Waals surface area contributed by atoms with Gasteiger partial charge in [-0.05, 0) is 47.0 Å². The Morgan fingerprint density at radius 2 is 1.77 bits per heavy atom. The molecule has 0 saturated carbocycles. The first-order chi connectivity index (χ1) is 15.1. The van der Waals surface area contributed by atoms with Crippen molar-refractivity contribution in [3.63, 3.8) is 0 Å². The average molecular weight is 416 g/mol. The van der Waals surface area contributed by atoms with E-state index in [1.54, 1.807) is 30.3 Å². The van der Waals surface area contributed by atoms with Crippen LogP contribution in [0.1, 0.15) is 16.7 Å². The van der Waals surface area contributed by atoms with Crippen molar-refractivity contribution in [2.75, 3.05) is 7.11 Å². The van der Waals surface area contributed by atoms with Crippen LogP contribution >= 0.6 is 0 Å². The lowest BCUT2D eigenvalue weighted by Crippen LogP contribution is -2.23. The summed E-state index contributed by atoms with van der Waals surface area (Å²) >= 11 is 0. The van der Waals surface area contributed by atoms with E-state index in [9.17, 15) is 14.4 Å². The summed E-state index contributed by atoms with van der Waals surface area (Å²) in [5.74, 6) is 0.189. The van der Waals surface area contributed by atoms with Crippen LogP contribution in [0.4, 0.5) is 4.39 Å². The molecule has 0 spiro atoms. The normalized spacial score (nSPS) is 10.8. The lowest BCUT2D eigenvalue weighted by atomic mass is 10.1. The van der Waals surface area contributed by atoms with Gasteiger partial charge < -0.3 is 14.8 Å². The number of carbonyl (C=O) groups is 1. The number of nitrogens with zero attached hydrogens (tertiary/aromatic N) is 1. The molecule has 0 aliphatic heterocycles. The van der Waals surface area contributed by atoms with Crippen molar-refractivity contribution in [1.29, 1.82) is 5.26 Å². The van der Waals surface area contributed by atoms with Crippen molar-refractivity contribution < 1.29 is 18.7 Å². The second kappa shape index (κ2) is 10.6. The van der Waals surface area contributed by atoms with Crippen molar-refractivity contribution in [2.45, 2.75) is 13.2 Å². The van der Waals surface area contributed by atoms with Crippen LogP contribution in [0.15, 0.2) is 78.4 Å². The van der Waals surface area contributed by atoms with Crippen LogP contribution < -0.4 is 14.8 Å². The summed E-state index contributed by atoms with van der Waals surface area (Å²) in [5.41, 5.74) is 2.36. The molecule has 6 heteroatoms. The quantitative estimate of drug-likeness (QED) is 0.429. The van der Waals surface area contributed by atoms with Crippen LogP contribution in [0, 0.1) is 17.1 Å². The number of halogens is 1. The lowest BCUT2D eigenvalue weighted by Gasteiger charge is -2.12. The zero-order valence-corrected chi connectivity index (χ0v) is 17.0. The maximum atomic E-state index is 13.0. The largest absolute Gasteiger partial charge is 0.493 e. The number of hydrogen-bond donors (Lipinski definition) is 1. The number of methoxy groups -OCH3 is 1. The minimum atomic E-state index is -0.457. The van der Waals surface area contributed by atoms with Gasteiger partial charge in [-0.25, -0.2) is 4.39 Å². The minimum absolute atomic E-state index is 0.0158. The number of rotatable bonds is 8. The van der Waals surface area contributed by atoms with Gasteiger partial charge in [0.25, 0.3) is 5.91 Å². The van der Waals surface area contributed by atoms with Gasteiger partial charge in [-0.15, -0.1) is 0 Å². The number of benzene rings is 3. The Labute approximate surface area is 180 Å². The molecule has 0 radical (unpaired) electrons. The molecule has 1 N–H and O–H groups in total. The Bertz CT molecular complexity index is 1100. The highest BCUT2D eigenvalue weighted by Gasteiger charge is 2.11. The minimum Gasteiger partial charge on any atom is -0.493 e. The highest BCUT2D eigenvalue weighted by Crippen LogP contribution is 2.29. The molecule has 0 heterocycles. The van der Waals surface area contributed by atoms with Crippen LogP contribution in [-0.4, -0.2) is 13.0 Å². The van der Waals surface area contributed by atoms with Crippen LogP contribution in [0.5, 0.6) is 11.5 Å². The standard InChI is InChI=1S/C25H21FN2O3/c1-30-24-14-20(9-12-23(24)31-17-19-7-10-22(26)11-8-19)13-21(15-27)25(29)28-16-18-5-3-2-4-6-18/h2-14H,16-17H2,1H3,(H,28,29)/b21-13+. The number of nitriles is 1.